The van der Waals surface area contributed by atoms with Crippen LogP contribution in [0.4, 0.5) is 0 Å². The highest BCUT2D eigenvalue weighted by atomic mass is 32.1. The number of aryl methyl sites for hydroxylation is 2. The van der Waals surface area contributed by atoms with Crippen LogP contribution in [0.2, 0.25) is 0 Å². The quantitative estimate of drug-likeness (QED) is 0.116. The van der Waals surface area contributed by atoms with E-state index in [1.54, 1.807) is 11.3 Å². The number of hydrogen-bond donors (Lipinski definition) is 1. The lowest BCUT2D eigenvalue weighted by Gasteiger charge is -2.31. The average Bonchev–Trinajstić information content (AvgIpc) is 3.51. The predicted molar refractivity (Wildman–Crippen MR) is 142 cm³/mol. The molecule has 0 saturated carbocycles. The first kappa shape index (κ1) is 28.0. The van der Waals surface area contributed by atoms with Crippen LogP contribution in [0.1, 0.15) is 41.0 Å². The smallest absolute Gasteiger partial charge is 0.310 e. The van der Waals surface area contributed by atoms with Crippen molar-refractivity contribution in [3.05, 3.63) is 61.9 Å². The average molecular weight is 516 g/mol. The predicted octanol–water partition coefficient (Wildman–Crippen LogP) is 5.11. The molecule has 3 rings (SSSR count). The summed E-state index contributed by atoms with van der Waals surface area (Å²) in [5.74, 6) is -0.224. The van der Waals surface area contributed by atoms with Gasteiger partial charge in [0.05, 0.1) is 32.3 Å². The van der Waals surface area contributed by atoms with Gasteiger partial charge in [-0.2, -0.15) is 0 Å². The lowest BCUT2D eigenvalue weighted by Crippen LogP contribution is -2.40. The van der Waals surface area contributed by atoms with Gasteiger partial charge in [0.1, 0.15) is 6.61 Å². The molecule has 2 aromatic heterocycles. The zero-order valence-corrected chi connectivity index (χ0v) is 22.1. The molecule has 9 nitrogen and oxygen atoms in total. The number of azide groups is 1. The molecule has 3 heterocycles. The van der Waals surface area contributed by atoms with Gasteiger partial charge >= 0.3 is 5.97 Å². The highest BCUT2D eigenvalue weighted by molar-refractivity contribution is 7.11. The van der Waals surface area contributed by atoms with Crippen LogP contribution in [0.5, 0.6) is 0 Å². The van der Waals surface area contributed by atoms with E-state index in [4.69, 9.17) is 19.7 Å². The molecule has 0 bridgehead atoms. The molecule has 0 aliphatic carbocycles. The third-order valence-electron chi connectivity index (χ3n) is 6.21. The van der Waals surface area contributed by atoms with E-state index in [1.165, 1.54) is 27.3 Å². The maximum atomic E-state index is 12.6. The van der Waals surface area contributed by atoms with Gasteiger partial charge in [-0.05, 0) is 73.8 Å². The number of esters is 1. The number of nitrogens with zero attached hydrogens (tertiary/aromatic N) is 4. The Morgan fingerprint density at radius 3 is 2.75 bits per heavy atom. The van der Waals surface area contributed by atoms with Crippen molar-refractivity contribution in [3.63, 3.8) is 0 Å². The number of carbonyl (C=O) groups is 1. The maximum Gasteiger partial charge on any atom is 0.310 e. The number of thiophene rings is 1. The van der Waals surface area contributed by atoms with Crippen LogP contribution in [0, 0.1) is 19.8 Å². The van der Waals surface area contributed by atoms with E-state index in [9.17, 15) is 4.79 Å². The molecule has 0 unspecified atom stereocenters. The number of nitrogens with one attached hydrogen (secondary N) is 1. The highest BCUT2D eigenvalue weighted by Gasteiger charge is 2.26. The Morgan fingerprint density at radius 1 is 1.22 bits per heavy atom. The van der Waals surface area contributed by atoms with E-state index in [1.807, 2.05) is 6.20 Å². The standard InChI is InChI=1S/C26H37N5O4S/c1-20-7-9-28-24(20)23(25-21(2)8-18-36-25)6-4-12-31-11-3-5-22(19-31)26(32)35-17-16-34-15-14-33-13-10-29-30-27/h6-9,18,22,28H,3-5,10-17,19H2,1-2H3/b23-6-/t22-/m1/s1. The molecule has 196 valence electrons. The number of rotatable bonds is 15. The normalized spacial score (nSPS) is 16.6. The molecule has 1 atom stereocenters. The Balaban J connectivity index is 1.39. The third kappa shape index (κ3) is 8.80. The Bertz CT molecular complexity index is 985. The van der Waals surface area contributed by atoms with Gasteiger partial charge in [0.25, 0.3) is 0 Å². The summed E-state index contributed by atoms with van der Waals surface area (Å²) in [6.45, 7) is 9.05. The summed E-state index contributed by atoms with van der Waals surface area (Å²) < 4.78 is 16.1. The van der Waals surface area contributed by atoms with Crippen LogP contribution in [0.25, 0.3) is 16.0 Å². The second-order valence-corrected chi connectivity index (χ2v) is 9.78. The van der Waals surface area contributed by atoms with Crippen LogP contribution in [0.15, 0.2) is 34.9 Å². The van der Waals surface area contributed by atoms with Crippen molar-refractivity contribution >= 4 is 22.9 Å². The van der Waals surface area contributed by atoms with Crippen molar-refractivity contribution in [2.75, 3.05) is 59.2 Å². The maximum absolute atomic E-state index is 12.6. The van der Waals surface area contributed by atoms with Crippen molar-refractivity contribution in [1.29, 1.82) is 0 Å². The van der Waals surface area contributed by atoms with Gasteiger partial charge < -0.3 is 24.1 Å². The molecule has 10 heteroatoms. The minimum atomic E-state index is -0.138. The fourth-order valence-corrected chi connectivity index (χ4v) is 5.30. The van der Waals surface area contributed by atoms with Gasteiger partial charge in [-0.25, -0.2) is 0 Å². The summed E-state index contributed by atoms with van der Waals surface area (Å²) >= 11 is 1.78. The second-order valence-electron chi connectivity index (χ2n) is 8.86. The highest BCUT2D eigenvalue weighted by Crippen LogP contribution is 2.32. The minimum Gasteiger partial charge on any atom is -0.463 e. The van der Waals surface area contributed by atoms with Crippen LogP contribution in [-0.4, -0.2) is 75.1 Å². The van der Waals surface area contributed by atoms with Crippen LogP contribution < -0.4 is 0 Å². The molecule has 0 amide bonds. The van der Waals surface area contributed by atoms with E-state index in [0.717, 1.165) is 38.9 Å². The van der Waals surface area contributed by atoms with Crippen LogP contribution in [0.3, 0.4) is 0 Å². The van der Waals surface area contributed by atoms with Gasteiger partial charge in [-0.1, -0.05) is 11.2 Å². The van der Waals surface area contributed by atoms with E-state index in [0.29, 0.717) is 33.0 Å². The van der Waals surface area contributed by atoms with Crippen molar-refractivity contribution in [1.82, 2.24) is 9.88 Å². The van der Waals surface area contributed by atoms with Crippen LogP contribution in [-0.2, 0) is 19.0 Å². The molecule has 36 heavy (non-hydrogen) atoms. The lowest BCUT2D eigenvalue weighted by atomic mass is 9.98. The first-order valence-electron chi connectivity index (χ1n) is 12.5. The van der Waals surface area contributed by atoms with Gasteiger partial charge in [-0.15, -0.1) is 11.3 Å². The first-order chi connectivity index (χ1) is 17.6. The second kappa shape index (κ2) is 15.5. The number of aromatic nitrogens is 1. The summed E-state index contributed by atoms with van der Waals surface area (Å²) in [7, 11) is 0. The molecular formula is C26H37N5O4S. The zero-order valence-electron chi connectivity index (χ0n) is 21.3. The number of carbonyl (C=O) groups excluding carboxylic acids is 1. The fraction of sp³-hybridized carbons (Fsp3) is 0.577. The van der Waals surface area contributed by atoms with Crippen molar-refractivity contribution in [2.24, 2.45) is 11.0 Å². The summed E-state index contributed by atoms with van der Waals surface area (Å²) in [5, 5.41) is 5.53. The SMILES string of the molecule is Cc1cc[nH]c1/C(=C/CCN1CCC[C@@H](C(=O)OCCOCCOCCN=[N+]=[N-])C1)c1sccc1C. The fourth-order valence-electron chi connectivity index (χ4n) is 4.33. The molecule has 0 spiro atoms. The van der Waals surface area contributed by atoms with Gasteiger partial charge in [-0.3, -0.25) is 4.79 Å². The Morgan fingerprint density at radius 2 is 2.03 bits per heavy atom. The zero-order chi connectivity index (χ0) is 25.6. The Kier molecular flexibility index (Phi) is 12.0. The van der Waals surface area contributed by atoms with E-state index in [-0.39, 0.29) is 18.5 Å². The molecule has 0 radical (unpaired) electrons. The number of aromatic amines is 1. The monoisotopic (exact) mass is 515 g/mol. The first-order valence-corrected chi connectivity index (χ1v) is 13.4. The number of piperidine rings is 1. The van der Waals surface area contributed by atoms with Gasteiger partial charge in [0, 0.05) is 46.9 Å². The molecule has 1 N–H and O–H groups in total. The van der Waals surface area contributed by atoms with E-state index in [2.05, 4.69) is 57.3 Å². The van der Waals surface area contributed by atoms with Crippen molar-refractivity contribution < 1.29 is 19.0 Å². The molecule has 1 saturated heterocycles. The molecule has 0 aromatic carbocycles. The largest absolute Gasteiger partial charge is 0.463 e. The number of likely N-dealkylation sites (tertiary alicyclic amines) is 1. The molecule has 2 aromatic rings. The lowest BCUT2D eigenvalue weighted by molar-refractivity contribution is -0.152. The third-order valence-corrected chi connectivity index (χ3v) is 7.26. The molecule has 1 aliphatic rings. The van der Waals surface area contributed by atoms with Crippen molar-refractivity contribution in [3.8, 4) is 0 Å². The minimum absolute atomic E-state index is 0.0867. The van der Waals surface area contributed by atoms with Gasteiger partial charge in [0.2, 0.25) is 0 Å². The molecule has 1 aliphatic heterocycles. The van der Waals surface area contributed by atoms with Crippen molar-refractivity contribution in [2.45, 2.75) is 33.1 Å². The van der Waals surface area contributed by atoms with E-state index >= 15 is 0 Å². The number of ether oxygens (including phenoxy) is 3. The Hall–Kier alpha value is -2.62. The number of hydrogen-bond acceptors (Lipinski definition) is 7. The summed E-state index contributed by atoms with van der Waals surface area (Å²) in [6, 6.07) is 4.28. The van der Waals surface area contributed by atoms with Gasteiger partial charge in [0.15, 0.2) is 0 Å². The van der Waals surface area contributed by atoms with Crippen LogP contribution >= 0.6 is 11.3 Å². The molecular weight excluding hydrogens is 478 g/mol. The Labute approximate surface area is 217 Å². The topological polar surface area (TPSA) is 113 Å². The van der Waals surface area contributed by atoms with E-state index < -0.39 is 0 Å². The summed E-state index contributed by atoms with van der Waals surface area (Å²) in [6.07, 6.45) is 7.12. The summed E-state index contributed by atoms with van der Waals surface area (Å²) in [5.41, 5.74) is 13.2. The number of H-pyrrole nitrogens is 1. The summed E-state index contributed by atoms with van der Waals surface area (Å²) in [4.78, 5) is 22.3. The molecule has 1 fully saturated rings.